The average molecular weight is 314 g/mol. The maximum absolute atomic E-state index is 12.2. The first-order valence-corrected chi connectivity index (χ1v) is 8.48. The summed E-state index contributed by atoms with van der Waals surface area (Å²) < 4.78 is 5.41. The summed E-state index contributed by atoms with van der Waals surface area (Å²) in [6, 6.07) is 10.4. The largest absolute Gasteiger partial charge is 0.460 e. The topological polar surface area (TPSA) is 46.5 Å². The van der Waals surface area contributed by atoms with Crippen molar-refractivity contribution in [2.45, 2.75) is 57.7 Å². The Morgan fingerprint density at radius 2 is 1.96 bits per heavy atom. The molecule has 3 aliphatic carbocycles. The molecule has 3 atom stereocenters. The number of fused-ring (bicyclic) bond motifs is 2. The highest BCUT2D eigenvalue weighted by Crippen LogP contribution is 2.51. The predicted molar refractivity (Wildman–Crippen MR) is 90.7 cm³/mol. The quantitative estimate of drug-likeness (QED) is 0.859. The molecule has 3 unspecified atom stereocenters. The first-order valence-electron chi connectivity index (χ1n) is 8.48. The van der Waals surface area contributed by atoms with E-state index < -0.39 is 11.2 Å². The van der Waals surface area contributed by atoms with E-state index in [1.54, 1.807) is 0 Å². The summed E-state index contributed by atoms with van der Waals surface area (Å²) in [7, 11) is 0. The molecule has 3 nitrogen and oxygen atoms in total. The zero-order chi connectivity index (χ0) is 16.7. The number of aliphatic hydroxyl groups is 1. The first kappa shape index (κ1) is 16.3. The maximum Gasteiger partial charge on any atom is 0.309 e. The number of carbonyl (C=O) groups is 1. The number of benzene rings is 1. The van der Waals surface area contributed by atoms with Gasteiger partial charge in [-0.3, -0.25) is 4.79 Å². The van der Waals surface area contributed by atoms with Crippen LogP contribution < -0.4 is 0 Å². The van der Waals surface area contributed by atoms with Gasteiger partial charge in [0.15, 0.2) is 0 Å². The lowest BCUT2D eigenvalue weighted by Crippen LogP contribution is -2.48. The highest BCUT2D eigenvalue weighted by atomic mass is 16.6. The SMILES string of the molecule is CC(C)(C)OC(=O)CC1(O)CC2CCC1C=C2c1ccccc1. The van der Waals surface area contributed by atoms with Gasteiger partial charge in [0.1, 0.15) is 5.60 Å². The van der Waals surface area contributed by atoms with E-state index in [1.807, 2.05) is 39.0 Å². The van der Waals surface area contributed by atoms with Crippen molar-refractivity contribution in [2.75, 3.05) is 0 Å². The first-order chi connectivity index (χ1) is 10.8. The molecule has 1 fully saturated rings. The van der Waals surface area contributed by atoms with Crippen LogP contribution in [0.5, 0.6) is 0 Å². The smallest absolute Gasteiger partial charge is 0.309 e. The van der Waals surface area contributed by atoms with Crippen LogP contribution in [0.25, 0.3) is 5.57 Å². The third-order valence-corrected chi connectivity index (χ3v) is 4.91. The van der Waals surface area contributed by atoms with E-state index in [4.69, 9.17) is 4.74 Å². The molecular formula is C20H26O3. The Bertz CT molecular complexity index is 612. The van der Waals surface area contributed by atoms with Gasteiger partial charge in [-0.1, -0.05) is 36.4 Å². The van der Waals surface area contributed by atoms with Crippen molar-refractivity contribution in [2.24, 2.45) is 11.8 Å². The molecule has 0 aromatic heterocycles. The van der Waals surface area contributed by atoms with E-state index in [1.165, 1.54) is 11.1 Å². The number of carbonyl (C=O) groups excluding carboxylic acids is 1. The van der Waals surface area contributed by atoms with Crippen molar-refractivity contribution < 1.29 is 14.6 Å². The minimum absolute atomic E-state index is 0.0372. The van der Waals surface area contributed by atoms with Gasteiger partial charge >= 0.3 is 5.97 Å². The maximum atomic E-state index is 12.2. The van der Waals surface area contributed by atoms with Crippen molar-refractivity contribution in [3.63, 3.8) is 0 Å². The highest BCUT2D eigenvalue weighted by molar-refractivity contribution is 5.74. The number of rotatable bonds is 3. The predicted octanol–water partition coefficient (Wildman–Crippen LogP) is 3.96. The molecule has 0 heterocycles. The molecule has 1 aromatic carbocycles. The lowest BCUT2D eigenvalue weighted by Gasteiger charge is -2.47. The average Bonchev–Trinajstić information content (AvgIpc) is 2.46. The zero-order valence-electron chi connectivity index (χ0n) is 14.2. The summed E-state index contributed by atoms with van der Waals surface area (Å²) in [6.07, 6.45) is 4.96. The van der Waals surface area contributed by atoms with Crippen LogP contribution in [0.4, 0.5) is 0 Å². The third kappa shape index (κ3) is 3.50. The van der Waals surface area contributed by atoms with E-state index >= 15 is 0 Å². The van der Waals surface area contributed by atoms with Gasteiger partial charge in [0.05, 0.1) is 12.0 Å². The van der Waals surface area contributed by atoms with Gasteiger partial charge in [0.25, 0.3) is 0 Å². The molecule has 3 heteroatoms. The summed E-state index contributed by atoms with van der Waals surface area (Å²) in [4.78, 5) is 12.2. The van der Waals surface area contributed by atoms with Crippen molar-refractivity contribution in [3.8, 4) is 0 Å². The lowest BCUT2D eigenvalue weighted by atomic mass is 9.61. The second-order valence-electron chi connectivity index (χ2n) is 7.94. The van der Waals surface area contributed by atoms with Crippen LogP contribution in [0.2, 0.25) is 0 Å². The Morgan fingerprint density at radius 1 is 1.26 bits per heavy atom. The molecule has 1 saturated carbocycles. The fraction of sp³-hybridized carbons (Fsp3) is 0.550. The molecule has 0 aliphatic heterocycles. The molecule has 23 heavy (non-hydrogen) atoms. The lowest BCUT2D eigenvalue weighted by molar-refractivity contribution is -0.164. The molecule has 3 aliphatic rings. The fourth-order valence-electron chi connectivity index (χ4n) is 3.98. The molecule has 0 spiro atoms. The highest BCUT2D eigenvalue weighted by Gasteiger charge is 2.48. The van der Waals surface area contributed by atoms with Crippen LogP contribution in [0.3, 0.4) is 0 Å². The van der Waals surface area contributed by atoms with Gasteiger partial charge in [-0.05, 0) is 57.1 Å². The number of hydrogen-bond acceptors (Lipinski definition) is 3. The fourth-order valence-corrected chi connectivity index (χ4v) is 3.98. The standard InChI is InChI=1S/C20H26O3/c1-19(2,3)23-18(21)13-20(22)12-15-9-10-16(20)11-17(15)14-7-5-4-6-8-14/h4-8,11,15-16,22H,9-10,12-13H2,1-3H3. The normalized spacial score (nSPS) is 30.0. The van der Waals surface area contributed by atoms with Gasteiger partial charge in [-0.2, -0.15) is 0 Å². The number of hydrogen-bond donors (Lipinski definition) is 1. The Morgan fingerprint density at radius 3 is 2.52 bits per heavy atom. The Labute approximate surface area is 138 Å². The van der Waals surface area contributed by atoms with Crippen LogP contribution >= 0.6 is 0 Å². The van der Waals surface area contributed by atoms with Crippen molar-refractivity contribution >= 4 is 11.5 Å². The second-order valence-corrected chi connectivity index (χ2v) is 7.94. The Kier molecular flexibility index (Phi) is 4.09. The number of esters is 1. The summed E-state index contributed by atoms with van der Waals surface area (Å²) in [5, 5.41) is 11.0. The van der Waals surface area contributed by atoms with Crippen molar-refractivity contribution in [1.29, 1.82) is 0 Å². The summed E-state index contributed by atoms with van der Waals surface area (Å²) in [5.41, 5.74) is 1.10. The van der Waals surface area contributed by atoms with Gasteiger partial charge in [0, 0.05) is 5.92 Å². The molecule has 4 rings (SSSR count). The molecule has 1 aromatic rings. The minimum atomic E-state index is -0.955. The van der Waals surface area contributed by atoms with Gasteiger partial charge in [0.2, 0.25) is 0 Å². The van der Waals surface area contributed by atoms with Gasteiger partial charge in [-0.15, -0.1) is 0 Å². The van der Waals surface area contributed by atoms with Crippen LogP contribution in [-0.4, -0.2) is 22.3 Å². The molecule has 124 valence electrons. The van der Waals surface area contributed by atoms with Crippen LogP contribution in [0, 0.1) is 11.8 Å². The van der Waals surface area contributed by atoms with E-state index in [0.717, 1.165) is 12.8 Å². The van der Waals surface area contributed by atoms with Crippen LogP contribution in [-0.2, 0) is 9.53 Å². The Balaban J connectivity index is 1.78. The van der Waals surface area contributed by atoms with Gasteiger partial charge < -0.3 is 9.84 Å². The molecule has 0 amide bonds. The van der Waals surface area contributed by atoms with E-state index in [2.05, 4.69) is 18.2 Å². The molecule has 0 saturated heterocycles. The summed E-state index contributed by atoms with van der Waals surface area (Å²) in [6.45, 7) is 5.57. The summed E-state index contributed by atoms with van der Waals surface area (Å²) >= 11 is 0. The second kappa shape index (κ2) is 5.79. The van der Waals surface area contributed by atoms with Crippen molar-refractivity contribution in [1.82, 2.24) is 0 Å². The van der Waals surface area contributed by atoms with Crippen molar-refractivity contribution in [3.05, 3.63) is 42.0 Å². The molecule has 0 radical (unpaired) electrons. The van der Waals surface area contributed by atoms with E-state index in [0.29, 0.717) is 12.3 Å². The summed E-state index contributed by atoms with van der Waals surface area (Å²) in [5.74, 6) is 0.0623. The third-order valence-electron chi connectivity index (χ3n) is 4.91. The van der Waals surface area contributed by atoms with E-state index in [-0.39, 0.29) is 18.3 Å². The number of ether oxygens (including phenoxy) is 1. The molecule has 2 bridgehead atoms. The van der Waals surface area contributed by atoms with Gasteiger partial charge in [-0.25, -0.2) is 0 Å². The monoisotopic (exact) mass is 314 g/mol. The zero-order valence-corrected chi connectivity index (χ0v) is 14.2. The minimum Gasteiger partial charge on any atom is -0.460 e. The van der Waals surface area contributed by atoms with E-state index in [9.17, 15) is 9.90 Å². The Hall–Kier alpha value is -1.61. The van der Waals surface area contributed by atoms with Crippen LogP contribution in [0.15, 0.2) is 36.4 Å². The molecular weight excluding hydrogens is 288 g/mol. The molecule has 1 N–H and O–H groups in total. The number of allylic oxidation sites excluding steroid dienone is 1. The van der Waals surface area contributed by atoms with Crippen LogP contribution in [0.1, 0.15) is 52.0 Å².